The molecule has 3 rings (SSSR count). The first-order chi connectivity index (χ1) is 8.61. The first kappa shape index (κ1) is 12.0. The molecule has 1 aliphatic heterocycles. The molecule has 3 fully saturated rings. The predicted octanol–water partition coefficient (Wildman–Crippen LogP) is -0.116. The van der Waals surface area contributed by atoms with Crippen molar-refractivity contribution in [3.8, 4) is 0 Å². The number of amides is 2. The van der Waals surface area contributed by atoms with Gasteiger partial charge in [-0.3, -0.25) is 9.59 Å². The Bertz CT molecular complexity index is 361. The van der Waals surface area contributed by atoms with Crippen molar-refractivity contribution in [3.05, 3.63) is 0 Å². The van der Waals surface area contributed by atoms with Gasteiger partial charge in [0.1, 0.15) is 0 Å². The van der Waals surface area contributed by atoms with Gasteiger partial charge in [-0.1, -0.05) is 0 Å². The van der Waals surface area contributed by atoms with Gasteiger partial charge in [0.05, 0.1) is 12.0 Å². The molecule has 0 aromatic carbocycles. The number of carbonyl (C=O) groups excluding carboxylic acids is 2. The van der Waals surface area contributed by atoms with E-state index in [1.165, 1.54) is 12.8 Å². The molecule has 3 aliphatic rings. The highest BCUT2D eigenvalue weighted by Crippen LogP contribution is 2.32. The van der Waals surface area contributed by atoms with Crippen LogP contribution in [0.25, 0.3) is 0 Å². The lowest BCUT2D eigenvalue weighted by Crippen LogP contribution is -2.48. The van der Waals surface area contributed by atoms with Crippen LogP contribution in [0.2, 0.25) is 0 Å². The largest absolute Gasteiger partial charge is 0.393 e. The maximum atomic E-state index is 12.0. The van der Waals surface area contributed by atoms with Crippen LogP contribution in [0, 0.1) is 11.8 Å². The van der Waals surface area contributed by atoms with Crippen molar-refractivity contribution in [1.82, 2.24) is 10.2 Å². The number of hydrogen-bond donors (Lipinski definition) is 2. The van der Waals surface area contributed by atoms with Crippen LogP contribution < -0.4 is 5.32 Å². The molecule has 2 amide bonds. The summed E-state index contributed by atoms with van der Waals surface area (Å²) in [6.45, 7) is 1.42. The standard InChI is InChI=1S/C13H20N2O3/c16-11-4-10(5-11)14-13(18)9-3-12(17)15(7-9)6-8-1-2-8/h8-11,16H,1-7H2,(H,14,18). The molecule has 5 nitrogen and oxygen atoms in total. The van der Waals surface area contributed by atoms with Gasteiger partial charge in [0.15, 0.2) is 0 Å². The summed E-state index contributed by atoms with van der Waals surface area (Å²) in [6.07, 6.45) is 3.85. The van der Waals surface area contributed by atoms with Crippen LogP contribution in [0.4, 0.5) is 0 Å². The molecule has 5 heteroatoms. The van der Waals surface area contributed by atoms with Crippen LogP contribution in [0.15, 0.2) is 0 Å². The summed E-state index contributed by atoms with van der Waals surface area (Å²) >= 11 is 0. The average Bonchev–Trinajstić information content (AvgIpc) is 3.01. The minimum atomic E-state index is -0.258. The van der Waals surface area contributed by atoms with Gasteiger partial charge in [-0.25, -0.2) is 0 Å². The number of rotatable bonds is 4. The maximum absolute atomic E-state index is 12.0. The maximum Gasteiger partial charge on any atom is 0.225 e. The van der Waals surface area contributed by atoms with Crippen molar-refractivity contribution in [2.75, 3.05) is 13.1 Å². The zero-order valence-corrected chi connectivity index (χ0v) is 10.5. The fourth-order valence-electron chi connectivity index (χ4n) is 2.76. The van der Waals surface area contributed by atoms with Crippen molar-refractivity contribution in [3.63, 3.8) is 0 Å². The first-order valence-electron chi connectivity index (χ1n) is 6.88. The summed E-state index contributed by atoms with van der Waals surface area (Å²) in [6, 6.07) is 0.111. The molecule has 0 aromatic heterocycles. The van der Waals surface area contributed by atoms with E-state index in [9.17, 15) is 14.7 Å². The summed E-state index contributed by atoms with van der Waals surface area (Å²) in [7, 11) is 0. The van der Waals surface area contributed by atoms with Crippen LogP contribution in [0.5, 0.6) is 0 Å². The molecule has 1 saturated heterocycles. The Kier molecular flexibility index (Phi) is 3.01. The molecular formula is C13H20N2O3. The number of likely N-dealkylation sites (tertiary alicyclic amines) is 1. The molecular weight excluding hydrogens is 232 g/mol. The number of nitrogens with zero attached hydrogens (tertiary/aromatic N) is 1. The molecule has 0 aromatic rings. The van der Waals surface area contributed by atoms with E-state index in [0.717, 1.165) is 6.54 Å². The summed E-state index contributed by atoms with van der Waals surface area (Å²) < 4.78 is 0. The lowest BCUT2D eigenvalue weighted by molar-refractivity contribution is -0.129. The third-order valence-corrected chi connectivity index (χ3v) is 4.22. The van der Waals surface area contributed by atoms with Crippen molar-refractivity contribution in [1.29, 1.82) is 0 Å². The average molecular weight is 252 g/mol. The Morgan fingerprint density at radius 3 is 2.72 bits per heavy atom. The van der Waals surface area contributed by atoms with Gasteiger partial charge in [0.25, 0.3) is 0 Å². The Hall–Kier alpha value is -1.10. The van der Waals surface area contributed by atoms with Gasteiger partial charge in [0.2, 0.25) is 11.8 Å². The van der Waals surface area contributed by atoms with Crippen molar-refractivity contribution in [2.24, 2.45) is 11.8 Å². The Labute approximate surface area is 107 Å². The molecule has 0 radical (unpaired) electrons. The highest BCUT2D eigenvalue weighted by atomic mass is 16.3. The number of aliphatic hydroxyl groups is 1. The second-order valence-electron chi connectivity index (χ2n) is 5.97. The van der Waals surface area contributed by atoms with Crippen LogP contribution >= 0.6 is 0 Å². The third kappa shape index (κ3) is 2.51. The Morgan fingerprint density at radius 1 is 1.39 bits per heavy atom. The van der Waals surface area contributed by atoms with E-state index in [4.69, 9.17) is 0 Å². The summed E-state index contributed by atoms with van der Waals surface area (Å²) in [4.78, 5) is 25.6. The third-order valence-electron chi connectivity index (χ3n) is 4.22. The number of carbonyl (C=O) groups is 2. The zero-order valence-electron chi connectivity index (χ0n) is 10.5. The zero-order chi connectivity index (χ0) is 12.7. The van der Waals surface area contributed by atoms with Gasteiger partial charge in [-0.2, -0.15) is 0 Å². The first-order valence-corrected chi connectivity index (χ1v) is 6.88. The normalized spacial score (nSPS) is 35.5. The summed E-state index contributed by atoms with van der Waals surface area (Å²) in [5.74, 6) is 0.598. The monoisotopic (exact) mass is 252 g/mol. The quantitative estimate of drug-likeness (QED) is 0.733. The van der Waals surface area contributed by atoms with Crippen molar-refractivity contribution >= 4 is 11.8 Å². The van der Waals surface area contributed by atoms with E-state index < -0.39 is 0 Å². The van der Waals surface area contributed by atoms with E-state index in [2.05, 4.69) is 5.32 Å². The Morgan fingerprint density at radius 2 is 2.11 bits per heavy atom. The lowest BCUT2D eigenvalue weighted by atomic mass is 9.89. The van der Waals surface area contributed by atoms with Crippen LogP contribution in [-0.4, -0.2) is 47.1 Å². The molecule has 2 N–H and O–H groups in total. The van der Waals surface area contributed by atoms with Crippen LogP contribution in [-0.2, 0) is 9.59 Å². The molecule has 1 unspecified atom stereocenters. The summed E-state index contributed by atoms with van der Waals surface area (Å²) in [5.41, 5.74) is 0. The second kappa shape index (κ2) is 4.53. The number of aliphatic hydroxyl groups excluding tert-OH is 1. The lowest BCUT2D eigenvalue weighted by Gasteiger charge is -2.32. The van der Waals surface area contributed by atoms with Gasteiger partial charge in [-0.05, 0) is 31.6 Å². The smallest absolute Gasteiger partial charge is 0.225 e. The van der Waals surface area contributed by atoms with Gasteiger partial charge in [-0.15, -0.1) is 0 Å². The molecule has 18 heavy (non-hydrogen) atoms. The van der Waals surface area contributed by atoms with E-state index in [1.54, 1.807) is 0 Å². The van der Waals surface area contributed by atoms with Gasteiger partial charge in [0, 0.05) is 25.6 Å². The van der Waals surface area contributed by atoms with E-state index in [-0.39, 0.29) is 29.9 Å². The van der Waals surface area contributed by atoms with Gasteiger partial charge < -0.3 is 15.3 Å². The number of hydrogen-bond acceptors (Lipinski definition) is 3. The molecule has 100 valence electrons. The van der Waals surface area contributed by atoms with E-state index in [0.29, 0.717) is 31.7 Å². The summed E-state index contributed by atoms with van der Waals surface area (Å²) in [5, 5.41) is 12.1. The molecule has 0 bridgehead atoms. The minimum absolute atomic E-state index is 0.0152. The molecule has 0 spiro atoms. The molecule has 1 heterocycles. The van der Waals surface area contributed by atoms with E-state index >= 15 is 0 Å². The topological polar surface area (TPSA) is 69.6 Å². The SMILES string of the molecule is O=C(NC1CC(O)C1)C1CC(=O)N(CC2CC2)C1. The van der Waals surface area contributed by atoms with Crippen molar-refractivity contribution < 1.29 is 14.7 Å². The van der Waals surface area contributed by atoms with Crippen LogP contribution in [0.1, 0.15) is 32.1 Å². The fraction of sp³-hybridized carbons (Fsp3) is 0.846. The molecule has 1 atom stereocenters. The highest BCUT2D eigenvalue weighted by molar-refractivity contribution is 5.89. The molecule has 2 aliphatic carbocycles. The van der Waals surface area contributed by atoms with E-state index in [1.807, 2.05) is 4.90 Å². The fourth-order valence-corrected chi connectivity index (χ4v) is 2.76. The second-order valence-corrected chi connectivity index (χ2v) is 5.97. The van der Waals surface area contributed by atoms with Crippen molar-refractivity contribution in [2.45, 2.75) is 44.2 Å². The molecule has 2 saturated carbocycles. The highest BCUT2D eigenvalue weighted by Gasteiger charge is 2.38. The van der Waals surface area contributed by atoms with Gasteiger partial charge >= 0.3 is 0 Å². The van der Waals surface area contributed by atoms with Crippen LogP contribution in [0.3, 0.4) is 0 Å². The Balaban J connectivity index is 1.47. The number of nitrogens with one attached hydrogen (secondary N) is 1. The minimum Gasteiger partial charge on any atom is -0.393 e. The predicted molar refractivity (Wildman–Crippen MR) is 64.6 cm³/mol.